The van der Waals surface area contributed by atoms with Crippen molar-refractivity contribution in [3.8, 4) is 22.5 Å². The summed E-state index contributed by atoms with van der Waals surface area (Å²) in [6.45, 7) is 0. The maximum absolute atomic E-state index is 14.1. The predicted molar refractivity (Wildman–Crippen MR) is 106 cm³/mol. The summed E-state index contributed by atoms with van der Waals surface area (Å²) in [5.41, 5.74) is 1.05. The van der Waals surface area contributed by atoms with Crippen molar-refractivity contribution in [2.24, 2.45) is 7.05 Å². The van der Waals surface area contributed by atoms with Crippen molar-refractivity contribution < 1.29 is 18.0 Å². The molecule has 30 heavy (non-hydrogen) atoms. The van der Waals surface area contributed by atoms with Gasteiger partial charge in [-0.2, -0.15) is 5.10 Å². The number of nitrogens with zero attached hydrogens (tertiary/aromatic N) is 3. The smallest absolute Gasteiger partial charge is 0.259 e. The van der Waals surface area contributed by atoms with Crippen molar-refractivity contribution >= 4 is 11.7 Å². The minimum absolute atomic E-state index is 0.0911. The average molecular weight is 408 g/mol. The van der Waals surface area contributed by atoms with Gasteiger partial charge in [-0.05, 0) is 42.5 Å². The van der Waals surface area contributed by atoms with Crippen LogP contribution in [-0.2, 0) is 7.05 Å². The van der Waals surface area contributed by atoms with E-state index >= 15 is 0 Å². The van der Waals surface area contributed by atoms with Crippen LogP contribution in [0, 0.1) is 17.5 Å². The highest BCUT2D eigenvalue weighted by Crippen LogP contribution is 2.29. The maximum Gasteiger partial charge on any atom is 0.259 e. The summed E-state index contributed by atoms with van der Waals surface area (Å²) in [6.07, 6.45) is 1.48. The van der Waals surface area contributed by atoms with Gasteiger partial charge in [0.1, 0.15) is 23.3 Å². The molecule has 4 aromatic rings. The standard InChI is InChI=1S/C22H15F3N4O/c1-29-19(11-18(28-29)21-16(24)7-4-8-17(21)25)13-9-10-20(26-12-13)27-22(30)14-5-2-3-6-15(14)23/h2-12H,1H3,(H,26,27,30). The van der Waals surface area contributed by atoms with Crippen LogP contribution in [0.15, 0.2) is 66.9 Å². The summed E-state index contributed by atoms with van der Waals surface area (Å²) in [4.78, 5) is 16.4. The first-order valence-electron chi connectivity index (χ1n) is 8.95. The summed E-state index contributed by atoms with van der Waals surface area (Å²) in [5.74, 6) is -2.43. The highest BCUT2D eigenvalue weighted by Gasteiger charge is 2.17. The van der Waals surface area contributed by atoms with E-state index in [1.165, 1.54) is 47.3 Å². The molecule has 0 aliphatic heterocycles. The van der Waals surface area contributed by atoms with Crippen LogP contribution in [0.1, 0.15) is 10.4 Å². The van der Waals surface area contributed by atoms with E-state index in [9.17, 15) is 18.0 Å². The fourth-order valence-corrected chi connectivity index (χ4v) is 3.05. The molecule has 4 rings (SSSR count). The summed E-state index contributed by atoms with van der Waals surface area (Å²) >= 11 is 0. The number of rotatable bonds is 4. The van der Waals surface area contributed by atoms with Crippen molar-refractivity contribution in [3.63, 3.8) is 0 Å². The quantitative estimate of drug-likeness (QED) is 0.527. The average Bonchev–Trinajstić information content (AvgIpc) is 3.10. The number of aromatic nitrogens is 3. The third-order valence-corrected chi connectivity index (χ3v) is 4.52. The van der Waals surface area contributed by atoms with Crippen molar-refractivity contribution in [1.82, 2.24) is 14.8 Å². The lowest BCUT2D eigenvalue weighted by atomic mass is 10.1. The van der Waals surface area contributed by atoms with E-state index in [1.54, 1.807) is 31.3 Å². The molecule has 0 aliphatic rings. The van der Waals surface area contributed by atoms with Gasteiger partial charge in [-0.15, -0.1) is 0 Å². The third kappa shape index (κ3) is 3.67. The van der Waals surface area contributed by atoms with Gasteiger partial charge in [-0.25, -0.2) is 18.2 Å². The zero-order chi connectivity index (χ0) is 21.3. The van der Waals surface area contributed by atoms with Gasteiger partial charge in [0, 0.05) is 18.8 Å². The van der Waals surface area contributed by atoms with Crippen molar-refractivity contribution in [1.29, 1.82) is 0 Å². The molecule has 5 nitrogen and oxygen atoms in total. The predicted octanol–water partition coefficient (Wildman–Crippen LogP) is 4.82. The van der Waals surface area contributed by atoms with Crippen molar-refractivity contribution in [2.75, 3.05) is 5.32 Å². The lowest BCUT2D eigenvalue weighted by Crippen LogP contribution is -2.14. The van der Waals surface area contributed by atoms with E-state index in [4.69, 9.17) is 0 Å². The molecule has 2 aromatic heterocycles. The van der Waals surface area contributed by atoms with Crippen LogP contribution in [0.2, 0.25) is 0 Å². The number of amides is 1. The summed E-state index contributed by atoms with van der Waals surface area (Å²) < 4.78 is 43.3. The van der Waals surface area contributed by atoms with Gasteiger partial charge in [-0.1, -0.05) is 18.2 Å². The second-order valence-electron chi connectivity index (χ2n) is 6.50. The van der Waals surface area contributed by atoms with E-state index < -0.39 is 23.4 Å². The highest BCUT2D eigenvalue weighted by molar-refractivity contribution is 6.03. The Balaban J connectivity index is 1.59. The van der Waals surface area contributed by atoms with Gasteiger partial charge < -0.3 is 5.32 Å². The third-order valence-electron chi connectivity index (χ3n) is 4.52. The molecule has 150 valence electrons. The van der Waals surface area contributed by atoms with Crippen LogP contribution in [0.25, 0.3) is 22.5 Å². The Kier molecular flexibility index (Phi) is 5.05. The van der Waals surface area contributed by atoms with Gasteiger partial charge in [0.25, 0.3) is 5.91 Å². The highest BCUT2D eigenvalue weighted by atomic mass is 19.1. The first-order valence-corrected chi connectivity index (χ1v) is 8.95. The molecule has 0 saturated heterocycles. The lowest BCUT2D eigenvalue weighted by molar-refractivity contribution is 0.102. The number of hydrogen-bond acceptors (Lipinski definition) is 3. The Morgan fingerprint density at radius 1 is 0.933 bits per heavy atom. The van der Waals surface area contributed by atoms with Crippen LogP contribution in [0.3, 0.4) is 0 Å². The SMILES string of the molecule is Cn1nc(-c2c(F)cccc2F)cc1-c1ccc(NC(=O)c2ccccc2F)nc1. The number of benzene rings is 2. The molecule has 0 radical (unpaired) electrons. The van der Waals surface area contributed by atoms with Gasteiger partial charge in [0.15, 0.2) is 0 Å². The fourth-order valence-electron chi connectivity index (χ4n) is 3.05. The largest absolute Gasteiger partial charge is 0.306 e. The molecule has 1 amide bonds. The van der Waals surface area contributed by atoms with Crippen LogP contribution in [0.5, 0.6) is 0 Å². The topological polar surface area (TPSA) is 59.8 Å². The van der Waals surface area contributed by atoms with E-state index in [0.29, 0.717) is 11.3 Å². The molecule has 2 heterocycles. The van der Waals surface area contributed by atoms with Crippen LogP contribution < -0.4 is 5.32 Å². The number of carbonyl (C=O) groups is 1. The molecular formula is C22H15F3N4O. The molecule has 0 fully saturated rings. The van der Waals surface area contributed by atoms with E-state index in [2.05, 4.69) is 15.4 Å². The fraction of sp³-hybridized carbons (Fsp3) is 0.0455. The van der Waals surface area contributed by atoms with Crippen molar-refractivity contribution in [3.05, 3.63) is 89.9 Å². The number of nitrogens with one attached hydrogen (secondary N) is 1. The molecule has 0 aliphatic carbocycles. The number of aryl methyl sites for hydroxylation is 1. The Labute approximate surface area is 169 Å². The maximum atomic E-state index is 14.1. The first-order chi connectivity index (χ1) is 14.4. The van der Waals surface area contributed by atoms with Gasteiger partial charge in [0.2, 0.25) is 0 Å². The Hall–Kier alpha value is -3.94. The van der Waals surface area contributed by atoms with Crippen LogP contribution >= 0.6 is 0 Å². The minimum atomic E-state index is -0.705. The van der Waals surface area contributed by atoms with Crippen LogP contribution in [-0.4, -0.2) is 20.7 Å². The first kappa shape index (κ1) is 19.4. The summed E-state index contributed by atoms with van der Waals surface area (Å²) in [7, 11) is 1.64. The second-order valence-corrected chi connectivity index (χ2v) is 6.50. The van der Waals surface area contributed by atoms with E-state index in [-0.39, 0.29) is 22.6 Å². The number of pyridine rings is 1. The zero-order valence-corrected chi connectivity index (χ0v) is 15.7. The molecule has 2 aromatic carbocycles. The van der Waals surface area contributed by atoms with Crippen LogP contribution in [0.4, 0.5) is 19.0 Å². The normalized spacial score (nSPS) is 10.8. The summed E-state index contributed by atoms with van der Waals surface area (Å²) in [6, 6.07) is 14.0. The van der Waals surface area contributed by atoms with Gasteiger partial charge >= 0.3 is 0 Å². The molecule has 0 atom stereocenters. The summed E-state index contributed by atoms with van der Waals surface area (Å²) in [5, 5.41) is 6.72. The Morgan fingerprint density at radius 2 is 1.63 bits per heavy atom. The number of anilines is 1. The van der Waals surface area contributed by atoms with E-state index in [1.807, 2.05) is 0 Å². The second kappa shape index (κ2) is 7.82. The van der Waals surface area contributed by atoms with Gasteiger partial charge in [-0.3, -0.25) is 9.48 Å². The molecule has 1 N–H and O–H groups in total. The molecule has 0 bridgehead atoms. The molecule has 8 heteroatoms. The number of carbonyl (C=O) groups excluding carboxylic acids is 1. The molecular weight excluding hydrogens is 393 g/mol. The molecule has 0 spiro atoms. The van der Waals surface area contributed by atoms with E-state index in [0.717, 1.165) is 0 Å². The van der Waals surface area contributed by atoms with Gasteiger partial charge in [0.05, 0.1) is 22.5 Å². The molecule has 0 unspecified atom stereocenters. The van der Waals surface area contributed by atoms with Crippen molar-refractivity contribution in [2.45, 2.75) is 0 Å². The monoisotopic (exact) mass is 408 g/mol. The molecule has 0 saturated carbocycles. The Morgan fingerprint density at radius 3 is 2.30 bits per heavy atom. The minimum Gasteiger partial charge on any atom is -0.306 e. The lowest BCUT2D eigenvalue weighted by Gasteiger charge is -2.06. The number of halogens is 3. The zero-order valence-electron chi connectivity index (χ0n) is 15.7. The number of hydrogen-bond donors (Lipinski definition) is 1. The Bertz CT molecular complexity index is 1220.